The van der Waals surface area contributed by atoms with Gasteiger partial charge < -0.3 is 4.74 Å². The van der Waals surface area contributed by atoms with Crippen molar-refractivity contribution in [3.8, 4) is 0 Å². The lowest BCUT2D eigenvalue weighted by atomic mass is 9.98. The zero-order valence-electron chi connectivity index (χ0n) is 14.6. The summed E-state index contributed by atoms with van der Waals surface area (Å²) in [7, 11) is -3.58. The second kappa shape index (κ2) is 7.97. The molecule has 1 rings (SSSR count). The van der Waals surface area contributed by atoms with Gasteiger partial charge in [0.25, 0.3) is 0 Å². The maximum atomic E-state index is 12.4. The fraction of sp³-hybridized carbons (Fsp3) is 0.647. The van der Waals surface area contributed by atoms with Crippen LogP contribution in [0, 0.1) is 5.41 Å². The monoisotopic (exact) mass is 361 g/mol. The minimum absolute atomic E-state index is 0.143. The van der Waals surface area contributed by atoms with Gasteiger partial charge in [-0.05, 0) is 50.3 Å². The molecule has 0 aliphatic rings. The molecule has 4 nitrogen and oxygen atoms in total. The Hall–Kier alpha value is -0.620. The van der Waals surface area contributed by atoms with Crippen LogP contribution in [-0.2, 0) is 14.8 Å². The van der Waals surface area contributed by atoms with Gasteiger partial charge in [0, 0.05) is 17.2 Å². The molecule has 6 heteroatoms. The van der Waals surface area contributed by atoms with E-state index in [0.717, 1.165) is 6.42 Å². The van der Waals surface area contributed by atoms with Crippen LogP contribution in [0.5, 0.6) is 0 Å². The van der Waals surface area contributed by atoms with E-state index < -0.39 is 15.6 Å². The van der Waals surface area contributed by atoms with Crippen LogP contribution in [0.1, 0.15) is 47.5 Å². The molecule has 0 radical (unpaired) electrons. The Morgan fingerprint density at radius 3 is 2.39 bits per heavy atom. The lowest BCUT2D eigenvalue weighted by Gasteiger charge is -2.26. The second-order valence-electron chi connectivity index (χ2n) is 7.66. The molecule has 0 unspecified atom stereocenters. The van der Waals surface area contributed by atoms with Crippen molar-refractivity contribution in [3.63, 3.8) is 0 Å². The molecule has 0 atom stereocenters. The fourth-order valence-electron chi connectivity index (χ4n) is 2.10. The van der Waals surface area contributed by atoms with Crippen molar-refractivity contribution >= 4 is 21.6 Å². The summed E-state index contributed by atoms with van der Waals surface area (Å²) in [6.07, 6.45) is 1.48. The van der Waals surface area contributed by atoms with Gasteiger partial charge in [-0.1, -0.05) is 38.4 Å². The molecule has 1 aromatic rings. The highest BCUT2D eigenvalue weighted by Gasteiger charge is 2.26. The first kappa shape index (κ1) is 20.4. The fourth-order valence-corrected chi connectivity index (χ4v) is 3.84. The number of hydrogen-bond acceptors (Lipinski definition) is 3. The largest absolute Gasteiger partial charge is 0.381 e. The van der Waals surface area contributed by atoms with Gasteiger partial charge in [-0.15, -0.1) is 0 Å². The smallest absolute Gasteiger partial charge is 0.241 e. The number of hydrogen-bond donors (Lipinski definition) is 1. The van der Waals surface area contributed by atoms with Crippen molar-refractivity contribution in [1.29, 1.82) is 0 Å². The highest BCUT2D eigenvalue weighted by Crippen LogP contribution is 2.20. The molecule has 0 heterocycles. The Morgan fingerprint density at radius 2 is 1.83 bits per heavy atom. The van der Waals surface area contributed by atoms with Crippen LogP contribution in [0.2, 0.25) is 5.02 Å². The molecule has 0 spiro atoms. The van der Waals surface area contributed by atoms with E-state index >= 15 is 0 Å². The van der Waals surface area contributed by atoms with Gasteiger partial charge in [-0.25, -0.2) is 13.1 Å². The third-order valence-corrected chi connectivity index (χ3v) is 5.07. The first-order chi connectivity index (χ1) is 10.4. The van der Waals surface area contributed by atoms with Crippen molar-refractivity contribution in [1.82, 2.24) is 4.72 Å². The molecule has 1 N–H and O–H groups in total. The summed E-state index contributed by atoms with van der Waals surface area (Å²) in [6, 6.07) is 6.27. The zero-order chi connectivity index (χ0) is 17.7. The highest BCUT2D eigenvalue weighted by molar-refractivity contribution is 7.89. The van der Waals surface area contributed by atoms with E-state index in [1.807, 2.05) is 13.8 Å². The van der Waals surface area contributed by atoms with Gasteiger partial charge in [0.1, 0.15) is 0 Å². The number of benzene rings is 1. The van der Waals surface area contributed by atoms with Crippen LogP contribution < -0.4 is 4.72 Å². The molecule has 0 fully saturated rings. The van der Waals surface area contributed by atoms with Gasteiger partial charge in [0.15, 0.2) is 0 Å². The van der Waals surface area contributed by atoms with E-state index in [1.165, 1.54) is 12.1 Å². The number of sulfonamides is 1. The zero-order valence-corrected chi connectivity index (χ0v) is 16.2. The maximum absolute atomic E-state index is 12.4. The topological polar surface area (TPSA) is 55.4 Å². The molecule has 132 valence electrons. The summed E-state index contributed by atoms with van der Waals surface area (Å²) in [5.41, 5.74) is -0.407. The average Bonchev–Trinajstić information content (AvgIpc) is 2.35. The number of rotatable bonds is 8. The molecule has 23 heavy (non-hydrogen) atoms. The van der Waals surface area contributed by atoms with E-state index in [2.05, 4.69) is 25.5 Å². The van der Waals surface area contributed by atoms with Crippen molar-refractivity contribution in [3.05, 3.63) is 29.3 Å². The van der Waals surface area contributed by atoms with Gasteiger partial charge in [-0.3, -0.25) is 0 Å². The van der Waals surface area contributed by atoms with Crippen molar-refractivity contribution in [2.75, 3.05) is 13.2 Å². The summed E-state index contributed by atoms with van der Waals surface area (Å²) in [5, 5.41) is 0.404. The molecule has 0 aliphatic heterocycles. The van der Waals surface area contributed by atoms with Crippen LogP contribution >= 0.6 is 11.6 Å². The Bertz CT molecular complexity index is 607. The SMILES string of the molecule is CC(C)(C)COCCCC(C)(C)NS(=O)(=O)c1cccc(Cl)c1. The molecule has 1 aromatic carbocycles. The van der Waals surface area contributed by atoms with Crippen molar-refractivity contribution in [2.24, 2.45) is 5.41 Å². The molecule has 0 aromatic heterocycles. The standard InChI is InChI=1S/C17H28ClNO3S/c1-16(2,3)13-22-11-7-10-17(4,5)19-23(20,21)15-9-6-8-14(18)12-15/h6,8-9,12,19H,7,10-11,13H2,1-5H3. The van der Waals surface area contributed by atoms with Crippen LogP contribution in [0.4, 0.5) is 0 Å². The summed E-state index contributed by atoms with van der Waals surface area (Å²) in [4.78, 5) is 0.182. The van der Waals surface area contributed by atoms with Crippen LogP contribution in [-0.4, -0.2) is 27.2 Å². The third-order valence-electron chi connectivity index (χ3n) is 3.14. The molecule has 0 saturated carbocycles. The van der Waals surface area contributed by atoms with E-state index in [-0.39, 0.29) is 10.3 Å². The summed E-state index contributed by atoms with van der Waals surface area (Å²) < 4.78 is 33.2. The molecule has 0 aliphatic carbocycles. The molecular formula is C17H28ClNO3S. The Labute approximate surface area is 145 Å². The van der Waals surface area contributed by atoms with Crippen molar-refractivity contribution in [2.45, 2.75) is 57.9 Å². The van der Waals surface area contributed by atoms with Crippen LogP contribution in [0.25, 0.3) is 0 Å². The van der Waals surface area contributed by atoms with Crippen molar-refractivity contribution < 1.29 is 13.2 Å². The first-order valence-corrected chi connectivity index (χ1v) is 9.65. The predicted molar refractivity (Wildman–Crippen MR) is 95.4 cm³/mol. The highest BCUT2D eigenvalue weighted by atomic mass is 35.5. The predicted octanol–water partition coefficient (Wildman–Crippen LogP) is 4.24. The van der Waals surface area contributed by atoms with Crippen LogP contribution in [0.15, 0.2) is 29.2 Å². The van der Waals surface area contributed by atoms with Gasteiger partial charge in [0.05, 0.1) is 11.5 Å². The average molecular weight is 362 g/mol. The van der Waals surface area contributed by atoms with Crippen LogP contribution in [0.3, 0.4) is 0 Å². The van der Waals surface area contributed by atoms with Gasteiger partial charge in [-0.2, -0.15) is 0 Å². The lowest BCUT2D eigenvalue weighted by molar-refractivity contribution is 0.0664. The van der Waals surface area contributed by atoms with E-state index in [0.29, 0.717) is 24.7 Å². The summed E-state index contributed by atoms with van der Waals surface area (Å²) >= 11 is 5.87. The van der Waals surface area contributed by atoms with E-state index in [4.69, 9.17) is 16.3 Å². The Kier molecular flexibility index (Phi) is 7.08. The van der Waals surface area contributed by atoms with Gasteiger partial charge in [0.2, 0.25) is 10.0 Å². The lowest BCUT2D eigenvalue weighted by Crippen LogP contribution is -2.43. The number of halogens is 1. The minimum Gasteiger partial charge on any atom is -0.381 e. The Morgan fingerprint density at radius 1 is 1.17 bits per heavy atom. The minimum atomic E-state index is -3.58. The normalized spacial score (nSPS) is 13.3. The quantitative estimate of drug-likeness (QED) is 0.704. The van der Waals surface area contributed by atoms with E-state index in [1.54, 1.807) is 12.1 Å². The summed E-state index contributed by atoms with van der Waals surface area (Å²) in [5.74, 6) is 0. The number of nitrogens with one attached hydrogen (secondary N) is 1. The van der Waals surface area contributed by atoms with E-state index in [9.17, 15) is 8.42 Å². The Balaban J connectivity index is 2.54. The summed E-state index contributed by atoms with van der Waals surface area (Å²) in [6.45, 7) is 11.4. The molecule has 0 amide bonds. The molecule has 0 bridgehead atoms. The molecule has 0 saturated heterocycles. The first-order valence-electron chi connectivity index (χ1n) is 7.79. The molecular weight excluding hydrogens is 334 g/mol. The van der Waals surface area contributed by atoms with Gasteiger partial charge >= 0.3 is 0 Å². The number of ether oxygens (including phenoxy) is 1. The maximum Gasteiger partial charge on any atom is 0.241 e. The second-order valence-corrected chi connectivity index (χ2v) is 9.78. The third kappa shape index (κ3) is 8.15.